The molecule has 6 heteroatoms. The molecule has 0 saturated heterocycles. The zero-order chi connectivity index (χ0) is 14.8. The fourth-order valence-electron chi connectivity index (χ4n) is 2.08. The summed E-state index contributed by atoms with van der Waals surface area (Å²) in [6.07, 6.45) is 5.06. The lowest BCUT2D eigenvalue weighted by atomic mass is 9.83. The summed E-state index contributed by atoms with van der Waals surface area (Å²) in [5, 5.41) is 14.8. The number of nitrogens with zero attached hydrogens (tertiary/aromatic N) is 4. The van der Waals surface area contributed by atoms with Gasteiger partial charge in [-0.05, 0) is 39.4 Å². The summed E-state index contributed by atoms with van der Waals surface area (Å²) in [4.78, 5) is 8.21. The van der Waals surface area contributed by atoms with E-state index in [-0.39, 0.29) is 11.5 Å². The number of aliphatic hydroxyl groups is 1. The van der Waals surface area contributed by atoms with Gasteiger partial charge in [0.1, 0.15) is 17.3 Å². The van der Waals surface area contributed by atoms with Crippen molar-refractivity contribution in [3.05, 3.63) is 41.2 Å². The summed E-state index contributed by atoms with van der Waals surface area (Å²) in [5.41, 5.74) is 0.816. The minimum atomic E-state index is -0.534. The van der Waals surface area contributed by atoms with Crippen LogP contribution < -0.4 is 0 Å². The van der Waals surface area contributed by atoms with Crippen LogP contribution in [0, 0.1) is 5.41 Å². The summed E-state index contributed by atoms with van der Waals surface area (Å²) in [7, 11) is 0. The van der Waals surface area contributed by atoms with E-state index >= 15 is 0 Å². The maximum Gasteiger partial charge on any atom is 0.137 e. The lowest BCUT2D eigenvalue weighted by Crippen LogP contribution is -2.37. The molecule has 1 N–H and O–H groups in total. The van der Waals surface area contributed by atoms with Crippen molar-refractivity contribution in [3.8, 4) is 0 Å². The van der Waals surface area contributed by atoms with Crippen molar-refractivity contribution in [2.45, 2.75) is 39.3 Å². The maximum atomic E-state index is 10.6. The Bertz CT molecular complexity index is 533. The van der Waals surface area contributed by atoms with Gasteiger partial charge in [-0.1, -0.05) is 26.8 Å². The van der Waals surface area contributed by atoms with E-state index in [0.29, 0.717) is 6.42 Å². The normalized spacial score (nSPS) is 15.1. The van der Waals surface area contributed by atoms with Gasteiger partial charge in [-0.3, -0.25) is 0 Å². The Kier molecular flexibility index (Phi) is 4.55. The highest BCUT2D eigenvalue weighted by Gasteiger charge is 2.32. The summed E-state index contributed by atoms with van der Waals surface area (Å²) in [6, 6.07) is 3.73. The van der Waals surface area contributed by atoms with E-state index in [1.807, 2.05) is 39.1 Å². The summed E-state index contributed by atoms with van der Waals surface area (Å²) >= 11 is 3.32. The molecule has 0 bridgehead atoms. The van der Waals surface area contributed by atoms with Crippen molar-refractivity contribution in [3.63, 3.8) is 0 Å². The number of hydrogen-bond acceptors (Lipinski definition) is 4. The van der Waals surface area contributed by atoms with E-state index in [4.69, 9.17) is 0 Å². The van der Waals surface area contributed by atoms with Crippen LogP contribution >= 0.6 is 15.9 Å². The van der Waals surface area contributed by atoms with Crippen molar-refractivity contribution >= 4 is 15.9 Å². The van der Waals surface area contributed by atoms with Gasteiger partial charge in [-0.15, -0.1) is 0 Å². The summed E-state index contributed by atoms with van der Waals surface area (Å²) in [6.45, 7) is 6.05. The maximum absolute atomic E-state index is 10.6. The highest BCUT2D eigenvalue weighted by atomic mass is 79.9. The Morgan fingerprint density at radius 2 is 2.10 bits per heavy atom. The Hall–Kier alpha value is -1.27. The van der Waals surface area contributed by atoms with Crippen LogP contribution in [-0.2, 0) is 6.42 Å². The topological polar surface area (TPSA) is 63.8 Å². The first-order valence-electron chi connectivity index (χ1n) is 6.50. The number of aromatic nitrogens is 4. The van der Waals surface area contributed by atoms with Crippen LogP contribution in [0.4, 0.5) is 0 Å². The molecule has 0 aliphatic carbocycles. The van der Waals surface area contributed by atoms with Gasteiger partial charge in [0.15, 0.2) is 0 Å². The molecule has 108 valence electrons. The molecule has 2 unspecified atom stereocenters. The number of pyridine rings is 1. The van der Waals surface area contributed by atoms with Crippen LogP contribution in [0.3, 0.4) is 0 Å². The van der Waals surface area contributed by atoms with Crippen LogP contribution in [0.2, 0.25) is 0 Å². The predicted octanol–water partition coefficient (Wildman–Crippen LogP) is 2.63. The van der Waals surface area contributed by atoms with Gasteiger partial charge in [0.05, 0.1) is 12.1 Å². The average Bonchev–Trinajstić information content (AvgIpc) is 2.90. The van der Waals surface area contributed by atoms with Crippen LogP contribution in [0.25, 0.3) is 0 Å². The molecule has 0 spiro atoms. The molecule has 20 heavy (non-hydrogen) atoms. The molecule has 2 aromatic heterocycles. The van der Waals surface area contributed by atoms with Crippen LogP contribution in [0.5, 0.6) is 0 Å². The Labute approximate surface area is 127 Å². The van der Waals surface area contributed by atoms with Crippen LogP contribution in [-0.4, -0.2) is 31.0 Å². The molecule has 2 heterocycles. The highest BCUT2D eigenvalue weighted by Crippen LogP contribution is 2.30. The minimum absolute atomic E-state index is 0.166. The third-order valence-electron chi connectivity index (χ3n) is 3.26. The van der Waals surface area contributed by atoms with Gasteiger partial charge in [0, 0.05) is 6.20 Å². The van der Waals surface area contributed by atoms with Crippen LogP contribution in [0.1, 0.15) is 32.4 Å². The van der Waals surface area contributed by atoms with E-state index in [9.17, 15) is 5.11 Å². The molecule has 0 radical (unpaired) electrons. The molecule has 0 aliphatic rings. The average molecular weight is 339 g/mol. The fourth-order valence-corrected chi connectivity index (χ4v) is 2.32. The van der Waals surface area contributed by atoms with Crippen molar-refractivity contribution in [2.24, 2.45) is 5.41 Å². The first-order chi connectivity index (χ1) is 9.38. The number of rotatable bonds is 4. The lowest BCUT2D eigenvalue weighted by molar-refractivity contribution is 0.0124. The second kappa shape index (κ2) is 6.01. The molecule has 0 aliphatic heterocycles. The molecule has 2 atom stereocenters. The van der Waals surface area contributed by atoms with Crippen LogP contribution in [0.15, 0.2) is 35.6 Å². The molecular formula is C14H19BrN4O. The van der Waals surface area contributed by atoms with Gasteiger partial charge < -0.3 is 5.11 Å². The largest absolute Gasteiger partial charge is 0.390 e. The predicted molar refractivity (Wildman–Crippen MR) is 80.2 cm³/mol. The van der Waals surface area contributed by atoms with E-state index < -0.39 is 6.10 Å². The smallest absolute Gasteiger partial charge is 0.137 e. The van der Waals surface area contributed by atoms with E-state index in [2.05, 4.69) is 31.0 Å². The van der Waals surface area contributed by atoms with Gasteiger partial charge in [-0.2, -0.15) is 5.10 Å². The van der Waals surface area contributed by atoms with Crippen molar-refractivity contribution in [2.75, 3.05) is 0 Å². The molecule has 2 rings (SSSR count). The standard InChI is InChI=1S/C14H19BrN4O/c1-14(2,3)13(20)11(19-9-16-8-18-19)6-10-4-5-12(15)17-7-10/h4-5,7-9,11,13,20H,6H2,1-3H3. The van der Waals surface area contributed by atoms with Gasteiger partial charge in [0.2, 0.25) is 0 Å². The zero-order valence-electron chi connectivity index (χ0n) is 11.9. The fraction of sp³-hybridized carbons (Fsp3) is 0.500. The number of halogens is 1. The third-order valence-corrected chi connectivity index (χ3v) is 3.73. The highest BCUT2D eigenvalue weighted by molar-refractivity contribution is 9.10. The molecule has 0 fully saturated rings. The third kappa shape index (κ3) is 3.64. The monoisotopic (exact) mass is 338 g/mol. The van der Waals surface area contributed by atoms with Gasteiger partial charge in [0.25, 0.3) is 0 Å². The van der Waals surface area contributed by atoms with E-state index in [0.717, 1.165) is 10.2 Å². The van der Waals surface area contributed by atoms with E-state index in [1.165, 1.54) is 6.33 Å². The molecule has 5 nitrogen and oxygen atoms in total. The first kappa shape index (κ1) is 15.1. The van der Waals surface area contributed by atoms with Crippen molar-refractivity contribution < 1.29 is 5.11 Å². The minimum Gasteiger partial charge on any atom is -0.390 e. The summed E-state index contributed by atoms with van der Waals surface area (Å²) < 4.78 is 2.52. The lowest BCUT2D eigenvalue weighted by Gasteiger charge is -2.33. The summed E-state index contributed by atoms with van der Waals surface area (Å²) in [5.74, 6) is 0. The van der Waals surface area contributed by atoms with Gasteiger partial charge >= 0.3 is 0 Å². The number of aliphatic hydroxyl groups excluding tert-OH is 1. The molecule has 0 saturated carbocycles. The first-order valence-corrected chi connectivity index (χ1v) is 7.30. The second-order valence-corrected chi connectivity index (χ2v) is 6.76. The van der Waals surface area contributed by atoms with Crippen molar-refractivity contribution in [1.82, 2.24) is 19.7 Å². The Morgan fingerprint density at radius 3 is 2.60 bits per heavy atom. The molecule has 0 amide bonds. The molecule has 2 aromatic rings. The number of hydrogen-bond donors (Lipinski definition) is 1. The van der Waals surface area contributed by atoms with Crippen molar-refractivity contribution in [1.29, 1.82) is 0 Å². The van der Waals surface area contributed by atoms with Gasteiger partial charge in [-0.25, -0.2) is 14.6 Å². The SMILES string of the molecule is CC(C)(C)C(O)C(Cc1ccc(Br)nc1)n1cncn1. The molecule has 0 aromatic carbocycles. The zero-order valence-corrected chi connectivity index (χ0v) is 13.4. The second-order valence-electron chi connectivity index (χ2n) is 5.95. The quantitative estimate of drug-likeness (QED) is 0.870. The van der Waals surface area contributed by atoms with E-state index in [1.54, 1.807) is 11.0 Å². The Morgan fingerprint density at radius 1 is 1.35 bits per heavy atom. The Balaban J connectivity index is 2.26. The molecular weight excluding hydrogens is 320 g/mol.